The molecule has 124 valence electrons. The van der Waals surface area contributed by atoms with Crippen molar-refractivity contribution in [2.75, 3.05) is 7.11 Å². The normalized spacial score (nSPS) is 20.3. The maximum atomic E-state index is 12.0. The maximum Gasteiger partial charge on any atom is 0.312 e. The van der Waals surface area contributed by atoms with Gasteiger partial charge in [-0.1, -0.05) is 42.5 Å². The van der Waals surface area contributed by atoms with Crippen LogP contribution in [0.25, 0.3) is 16.3 Å². The van der Waals surface area contributed by atoms with Crippen molar-refractivity contribution in [2.45, 2.75) is 25.9 Å². The minimum atomic E-state index is -0.394. The average molecular weight is 324 g/mol. The lowest BCUT2D eigenvalue weighted by Crippen LogP contribution is -2.28. The molecule has 24 heavy (non-hydrogen) atoms. The molecule has 2 aromatic carbocycles. The molecule has 2 aromatic rings. The standard InChI is InChI=1S/C20H20O4/c1-13(21)24-19-11-17(10-18(12-19)20(22)23-2)16-8-7-14-5-3-4-6-15(14)9-16/h3-10,18-19H,11-12H2,1-2H3. The molecular formula is C20H20O4. The van der Waals surface area contributed by atoms with Crippen LogP contribution in [0.3, 0.4) is 0 Å². The number of hydrogen-bond acceptors (Lipinski definition) is 4. The smallest absolute Gasteiger partial charge is 0.312 e. The minimum Gasteiger partial charge on any atom is -0.469 e. The van der Waals surface area contributed by atoms with Gasteiger partial charge in [0.05, 0.1) is 13.0 Å². The monoisotopic (exact) mass is 324 g/mol. The van der Waals surface area contributed by atoms with E-state index in [1.807, 2.05) is 24.3 Å². The molecule has 2 atom stereocenters. The maximum absolute atomic E-state index is 12.0. The number of benzene rings is 2. The Morgan fingerprint density at radius 3 is 2.54 bits per heavy atom. The number of esters is 2. The molecule has 1 aliphatic rings. The van der Waals surface area contributed by atoms with Crippen LogP contribution in [0.4, 0.5) is 0 Å². The van der Waals surface area contributed by atoms with Crippen molar-refractivity contribution in [1.29, 1.82) is 0 Å². The molecule has 0 aromatic heterocycles. The van der Waals surface area contributed by atoms with Crippen LogP contribution in [0.2, 0.25) is 0 Å². The van der Waals surface area contributed by atoms with Gasteiger partial charge in [-0.3, -0.25) is 9.59 Å². The van der Waals surface area contributed by atoms with Gasteiger partial charge >= 0.3 is 11.9 Å². The second-order valence-electron chi connectivity index (χ2n) is 6.05. The number of ether oxygens (including phenoxy) is 2. The highest BCUT2D eigenvalue weighted by Crippen LogP contribution is 2.33. The van der Waals surface area contributed by atoms with E-state index in [9.17, 15) is 9.59 Å². The van der Waals surface area contributed by atoms with Crippen molar-refractivity contribution in [3.8, 4) is 0 Å². The zero-order valence-corrected chi connectivity index (χ0v) is 13.8. The van der Waals surface area contributed by atoms with Gasteiger partial charge in [-0.05, 0) is 28.0 Å². The molecule has 4 heteroatoms. The Hall–Kier alpha value is -2.62. The first-order chi connectivity index (χ1) is 11.6. The third kappa shape index (κ3) is 3.48. The van der Waals surface area contributed by atoms with E-state index in [0.717, 1.165) is 16.5 Å². The molecule has 0 aliphatic heterocycles. The zero-order chi connectivity index (χ0) is 17.1. The molecule has 0 saturated heterocycles. The molecule has 3 rings (SSSR count). The molecule has 0 radical (unpaired) electrons. The molecule has 0 spiro atoms. The van der Waals surface area contributed by atoms with Crippen molar-refractivity contribution in [3.05, 3.63) is 54.1 Å². The van der Waals surface area contributed by atoms with Crippen LogP contribution in [-0.2, 0) is 19.1 Å². The van der Waals surface area contributed by atoms with E-state index in [1.165, 1.54) is 19.4 Å². The molecular weight excluding hydrogens is 304 g/mol. The minimum absolute atomic E-state index is 0.301. The van der Waals surface area contributed by atoms with E-state index in [0.29, 0.717) is 12.8 Å². The van der Waals surface area contributed by atoms with Crippen molar-refractivity contribution in [2.24, 2.45) is 5.92 Å². The van der Waals surface area contributed by atoms with Crippen LogP contribution >= 0.6 is 0 Å². The van der Waals surface area contributed by atoms with E-state index in [2.05, 4.69) is 24.3 Å². The van der Waals surface area contributed by atoms with E-state index in [-0.39, 0.29) is 18.0 Å². The number of rotatable bonds is 3. The van der Waals surface area contributed by atoms with E-state index >= 15 is 0 Å². The van der Waals surface area contributed by atoms with Gasteiger partial charge in [0.2, 0.25) is 0 Å². The second kappa shape index (κ2) is 6.87. The van der Waals surface area contributed by atoms with Crippen molar-refractivity contribution < 1.29 is 19.1 Å². The third-order valence-corrected chi connectivity index (χ3v) is 4.32. The molecule has 4 nitrogen and oxygen atoms in total. The highest BCUT2D eigenvalue weighted by atomic mass is 16.5. The molecule has 0 saturated carbocycles. The van der Waals surface area contributed by atoms with Crippen LogP contribution in [0.5, 0.6) is 0 Å². The SMILES string of the molecule is COC(=O)C1C=C(c2ccc3ccccc3c2)CC(OC(C)=O)C1. The molecule has 0 fully saturated rings. The summed E-state index contributed by atoms with van der Waals surface area (Å²) in [5.74, 6) is -1.02. The fourth-order valence-electron chi connectivity index (χ4n) is 3.23. The van der Waals surface area contributed by atoms with Crippen molar-refractivity contribution >= 4 is 28.3 Å². The molecule has 0 N–H and O–H groups in total. The summed E-state index contributed by atoms with van der Waals surface area (Å²) in [7, 11) is 1.38. The predicted molar refractivity (Wildman–Crippen MR) is 92.2 cm³/mol. The van der Waals surface area contributed by atoms with E-state index in [4.69, 9.17) is 9.47 Å². The lowest BCUT2D eigenvalue weighted by atomic mass is 9.84. The van der Waals surface area contributed by atoms with Gasteiger partial charge in [-0.15, -0.1) is 0 Å². The Labute approximate surface area is 141 Å². The number of hydrogen-bond donors (Lipinski definition) is 0. The third-order valence-electron chi connectivity index (χ3n) is 4.32. The van der Waals surface area contributed by atoms with Crippen molar-refractivity contribution in [1.82, 2.24) is 0 Å². The Morgan fingerprint density at radius 2 is 1.83 bits per heavy atom. The number of carbonyl (C=O) groups is 2. The number of carbonyl (C=O) groups excluding carboxylic acids is 2. The topological polar surface area (TPSA) is 52.6 Å². The van der Waals surface area contributed by atoms with Gasteiger partial charge in [-0.2, -0.15) is 0 Å². The summed E-state index contributed by atoms with van der Waals surface area (Å²) in [6.07, 6.45) is 2.70. The van der Waals surface area contributed by atoms with Crippen LogP contribution in [0.15, 0.2) is 48.5 Å². The van der Waals surface area contributed by atoms with Gasteiger partial charge in [0, 0.05) is 19.8 Å². The van der Waals surface area contributed by atoms with Gasteiger partial charge in [0.1, 0.15) is 6.10 Å². The summed E-state index contributed by atoms with van der Waals surface area (Å²) in [5, 5.41) is 2.30. The van der Waals surface area contributed by atoms with Crippen LogP contribution in [0.1, 0.15) is 25.3 Å². The number of fused-ring (bicyclic) bond motifs is 1. The summed E-state index contributed by atoms with van der Waals surface area (Å²) in [6.45, 7) is 1.39. The van der Waals surface area contributed by atoms with Gasteiger partial charge in [0.25, 0.3) is 0 Å². The first-order valence-corrected chi connectivity index (χ1v) is 8.01. The second-order valence-corrected chi connectivity index (χ2v) is 6.05. The van der Waals surface area contributed by atoms with Crippen LogP contribution in [0, 0.1) is 5.92 Å². The Balaban J connectivity index is 1.96. The summed E-state index contributed by atoms with van der Waals surface area (Å²) in [6, 6.07) is 14.3. The zero-order valence-electron chi connectivity index (χ0n) is 13.8. The highest BCUT2D eigenvalue weighted by molar-refractivity contribution is 5.87. The Kier molecular flexibility index (Phi) is 4.65. The van der Waals surface area contributed by atoms with E-state index < -0.39 is 5.92 Å². The average Bonchev–Trinajstić information content (AvgIpc) is 2.59. The molecule has 0 heterocycles. The molecule has 1 aliphatic carbocycles. The first kappa shape index (κ1) is 16.2. The highest BCUT2D eigenvalue weighted by Gasteiger charge is 2.30. The summed E-state index contributed by atoms with van der Waals surface area (Å²) in [4.78, 5) is 23.3. The number of methoxy groups -OCH3 is 1. The molecule has 0 bridgehead atoms. The first-order valence-electron chi connectivity index (χ1n) is 8.01. The fourth-order valence-corrected chi connectivity index (χ4v) is 3.23. The van der Waals surface area contributed by atoms with E-state index in [1.54, 1.807) is 0 Å². The Bertz CT molecular complexity index is 806. The fraction of sp³-hybridized carbons (Fsp3) is 0.300. The molecule has 0 amide bonds. The Morgan fingerprint density at radius 1 is 1.08 bits per heavy atom. The quantitative estimate of drug-likeness (QED) is 0.807. The van der Waals surface area contributed by atoms with Crippen molar-refractivity contribution in [3.63, 3.8) is 0 Å². The van der Waals surface area contributed by atoms with Gasteiger partial charge in [0.15, 0.2) is 0 Å². The summed E-state index contributed by atoms with van der Waals surface area (Å²) in [5.41, 5.74) is 2.05. The predicted octanol–water partition coefficient (Wildman–Crippen LogP) is 3.74. The lowest BCUT2D eigenvalue weighted by molar-refractivity contribution is -0.151. The van der Waals surface area contributed by atoms with Crippen LogP contribution < -0.4 is 0 Å². The van der Waals surface area contributed by atoms with Gasteiger partial charge in [-0.25, -0.2) is 0 Å². The van der Waals surface area contributed by atoms with Gasteiger partial charge < -0.3 is 9.47 Å². The largest absolute Gasteiger partial charge is 0.469 e. The van der Waals surface area contributed by atoms with Crippen LogP contribution in [-0.4, -0.2) is 25.2 Å². The lowest BCUT2D eigenvalue weighted by Gasteiger charge is -2.27. The molecule has 2 unspecified atom stereocenters. The summed E-state index contributed by atoms with van der Waals surface area (Å²) >= 11 is 0. The summed E-state index contributed by atoms with van der Waals surface area (Å²) < 4.78 is 10.2.